The van der Waals surface area contributed by atoms with Crippen molar-refractivity contribution in [2.45, 2.75) is 32.0 Å². The quantitative estimate of drug-likeness (QED) is 0.868. The number of nitrogens with one attached hydrogen (secondary N) is 1. The Labute approximate surface area is 157 Å². The fraction of sp³-hybridized carbons (Fsp3) is 0.333. The summed E-state index contributed by atoms with van der Waals surface area (Å²) in [6, 6.07) is 7.51. The fourth-order valence-electron chi connectivity index (χ4n) is 2.64. The molecule has 0 saturated carbocycles. The number of carbonyl (C=O) groups excluding carboxylic acids is 2. The first-order valence-electron chi connectivity index (χ1n) is 8.73. The van der Waals surface area contributed by atoms with Gasteiger partial charge in [0, 0.05) is 18.9 Å². The highest BCUT2D eigenvalue weighted by atomic mass is 35.5. The molecule has 0 bridgehead atoms. The summed E-state index contributed by atoms with van der Waals surface area (Å²) in [6.07, 6.45) is 3.00. The van der Waals surface area contributed by atoms with E-state index in [-0.39, 0.29) is 31.3 Å². The topological polar surface area (TPSA) is 84.4 Å². The van der Waals surface area contributed by atoms with Crippen LogP contribution >= 0.6 is 11.6 Å². The van der Waals surface area contributed by atoms with Crippen LogP contribution in [0.5, 0.6) is 0 Å². The van der Waals surface area contributed by atoms with Crippen molar-refractivity contribution in [2.75, 3.05) is 6.54 Å². The van der Waals surface area contributed by atoms with E-state index in [4.69, 9.17) is 17.7 Å². The van der Waals surface area contributed by atoms with Gasteiger partial charge < -0.3 is 10.1 Å². The molecule has 1 aromatic carbocycles. The number of hydrogen-bond acceptors (Lipinski definition) is 5. The lowest BCUT2D eigenvalue weighted by molar-refractivity contribution is -0.125. The molecule has 0 spiro atoms. The molecule has 0 radical (unpaired) electrons. The van der Waals surface area contributed by atoms with Gasteiger partial charge in [-0.15, -0.1) is 0 Å². The minimum Gasteiger partial charge on any atom is -0.445 e. The molecule has 2 aromatic rings. The Kier molecular flexibility index (Phi) is 5.56. The highest BCUT2D eigenvalue weighted by molar-refractivity contribution is 6.29. The number of carbonyl (C=O) groups is 2. The van der Waals surface area contributed by atoms with E-state index >= 15 is 0 Å². The van der Waals surface area contributed by atoms with E-state index < -0.39 is 18.0 Å². The van der Waals surface area contributed by atoms with Gasteiger partial charge in [-0.1, -0.05) is 41.9 Å². The van der Waals surface area contributed by atoms with Crippen molar-refractivity contribution < 1.29 is 15.7 Å². The van der Waals surface area contributed by atoms with E-state index in [1.54, 1.807) is 0 Å². The lowest BCUT2D eigenvalue weighted by Gasteiger charge is -2.23. The van der Waals surface area contributed by atoms with Crippen LogP contribution < -0.4 is 5.32 Å². The molecule has 1 saturated heterocycles. The molecule has 26 heavy (non-hydrogen) atoms. The largest absolute Gasteiger partial charge is 0.445 e. The van der Waals surface area contributed by atoms with E-state index in [2.05, 4.69) is 15.3 Å². The molecule has 7 nitrogen and oxygen atoms in total. The van der Waals surface area contributed by atoms with Gasteiger partial charge in [-0.25, -0.2) is 9.78 Å². The second-order valence-corrected chi connectivity index (χ2v) is 6.08. The van der Waals surface area contributed by atoms with Crippen molar-refractivity contribution >= 4 is 23.6 Å². The van der Waals surface area contributed by atoms with Crippen molar-refractivity contribution in [1.29, 1.82) is 0 Å². The number of nitrogens with zero attached hydrogens (tertiary/aromatic N) is 3. The van der Waals surface area contributed by atoms with Crippen LogP contribution in [0.1, 0.15) is 25.5 Å². The molecule has 1 N–H and O–H groups in total. The number of ether oxygens (including phenoxy) is 1. The Bertz CT molecular complexity index is 823. The molecule has 2 amide bonds. The molecule has 8 heteroatoms. The van der Waals surface area contributed by atoms with Crippen molar-refractivity contribution in [1.82, 2.24) is 20.2 Å². The second-order valence-electron chi connectivity index (χ2n) is 5.72. The van der Waals surface area contributed by atoms with E-state index in [9.17, 15) is 9.59 Å². The lowest BCUT2D eigenvalue weighted by Crippen LogP contribution is -2.46. The highest BCUT2D eigenvalue weighted by Gasteiger charge is 2.35. The van der Waals surface area contributed by atoms with E-state index in [1.165, 1.54) is 12.4 Å². The van der Waals surface area contributed by atoms with Crippen LogP contribution in [-0.4, -0.2) is 39.4 Å². The number of amides is 2. The third-order valence-electron chi connectivity index (χ3n) is 3.95. The standard InChI is InChI=1S/C18H19ClN4O3/c19-16-14(20-8-9-21-16)11-22-17(24)15-7-4-10-23(15)18(25)26-12-13-5-2-1-3-6-13/h1-3,5-6,8-9,15H,4,7,10-12H2,(H,22,24)/t15-/m0/s1/i15D. The molecule has 1 atom stereocenters. The van der Waals surface area contributed by atoms with Crippen LogP contribution in [0.2, 0.25) is 5.15 Å². The summed E-state index contributed by atoms with van der Waals surface area (Å²) in [5.74, 6) is -0.599. The Morgan fingerprint density at radius 3 is 2.85 bits per heavy atom. The van der Waals surface area contributed by atoms with Gasteiger partial charge in [0.25, 0.3) is 0 Å². The molecule has 0 unspecified atom stereocenters. The average Bonchev–Trinajstić information content (AvgIpc) is 3.09. The van der Waals surface area contributed by atoms with Crippen LogP contribution in [0.4, 0.5) is 4.79 Å². The molecule has 1 aliphatic rings. The summed E-state index contributed by atoms with van der Waals surface area (Å²) in [5, 5.41) is 2.80. The number of benzene rings is 1. The third kappa shape index (κ3) is 4.49. The maximum atomic E-state index is 12.6. The van der Waals surface area contributed by atoms with Gasteiger partial charge in [-0.3, -0.25) is 14.7 Å². The molecule has 1 fully saturated rings. The predicted molar refractivity (Wildman–Crippen MR) is 95.2 cm³/mol. The van der Waals surface area contributed by atoms with Crippen LogP contribution in [0.3, 0.4) is 0 Å². The Morgan fingerprint density at radius 2 is 2.08 bits per heavy atom. The Morgan fingerprint density at radius 1 is 1.31 bits per heavy atom. The number of hydrogen-bond donors (Lipinski definition) is 1. The average molecular weight is 376 g/mol. The highest BCUT2D eigenvalue weighted by Crippen LogP contribution is 2.19. The molecule has 3 rings (SSSR count). The van der Waals surface area contributed by atoms with Crippen LogP contribution in [-0.2, 0) is 22.7 Å². The SMILES string of the molecule is [2H][C@@]1(C(=O)NCc2nccnc2Cl)CCCN1C(=O)OCc1ccccc1. The normalized spacial score (nSPS) is 19.7. The minimum atomic E-state index is -1.72. The molecular formula is C18H19ClN4O3. The molecule has 2 heterocycles. The van der Waals surface area contributed by atoms with Gasteiger partial charge in [-0.05, 0) is 18.4 Å². The van der Waals surface area contributed by atoms with Gasteiger partial charge in [0.2, 0.25) is 5.91 Å². The zero-order chi connectivity index (χ0) is 19.3. The lowest BCUT2D eigenvalue weighted by atomic mass is 10.2. The smallest absolute Gasteiger partial charge is 0.410 e. The van der Waals surface area contributed by atoms with E-state index in [1.807, 2.05) is 30.3 Å². The molecule has 1 aliphatic heterocycles. The minimum absolute atomic E-state index is 0.0268. The summed E-state index contributed by atoms with van der Waals surface area (Å²) < 4.78 is 13.8. The number of aromatic nitrogens is 2. The monoisotopic (exact) mass is 375 g/mol. The summed E-state index contributed by atoms with van der Waals surface area (Å²) in [5.41, 5.74) is 1.23. The Hall–Kier alpha value is -2.67. The molecule has 136 valence electrons. The number of likely N-dealkylation sites (tertiary alicyclic amines) is 1. The third-order valence-corrected chi connectivity index (χ3v) is 4.26. The van der Waals surface area contributed by atoms with Crippen molar-refractivity contribution in [3.05, 3.63) is 59.1 Å². The zero-order valence-electron chi connectivity index (χ0n) is 15.0. The first-order valence-corrected chi connectivity index (χ1v) is 8.60. The molecule has 0 aliphatic carbocycles. The van der Waals surface area contributed by atoms with Gasteiger partial charge in [-0.2, -0.15) is 0 Å². The van der Waals surface area contributed by atoms with Gasteiger partial charge in [0.15, 0.2) is 5.15 Å². The zero-order valence-corrected chi connectivity index (χ0v) is 14.8. The maximum Gasteiger partial charge on any atom is 0.410 e. The first-order chi connectivity index (χ1) is 13.0. The summed E-state index contributed by atoms with van der Waals surface area (Å²) in [7, 11) is 0. The van der Waals surface area contributed by atoms with Crippen LogP contribution in [0.15, 0.2) is 42.7 Å². The first kappa shape index (κ1) is 16.8. The summed E-state index contributed by atoms with van der Waals surface area (Å²) in [6.45, 7) is 0.401. The number of halogens is 1. The predicted octanol–water partition coefficient (Wildman–Crippen LogP) is 2.55. The van der Waals surface area contributed by atoms with Crippen LogP contribution in [0, 0.1) is 0 Å². The number of rotatable bonds is 5. The fourth-order valence-corrected chi connectivity index (χ4v) is 2.82. The van der Waals surface area contributed by atoms with Gasteiger partial charge in [0.1, 0.15) is 12.6 Å². The second kappa shape index (κ2) is 8.62. The summed E-state index contributed by atoms with van der Waals surface area (Å²) >= 11 is 5.92. The summed E-state index contributed by atoms with van der Waals surface area (Å²) in [4.78, 5) is 34.1. The van der Waals surface area contributed by atoms with Crippen molar-refractivity contribution in [3.8, 4) is 0 Å². The van der Waals surface area contributed by atoms with Crippen molar-refractivity contribution in [2.24, 2.45) is 0 Å². The van der Waals surface area contributed by atoms with E-state index in [0.29, 0.717) is 12.1 Å². The van der Waals surface area contributed by atoms with Gasteiger partial charge >= 0.3 is 6.09 Å². The molecular weight excluding hydrogens is 356 g/mol. The molecule has 1 aromatic heterocycles. The van der Waals surface area contributed by atoms with Gasteiger partial charge in [0.05, 0.1) is 13.6 Å². The van der Waals surface area contributed by atoms with Crippen molar-refractivity contribution in [3.63, 3.8) is 0 Å². The van der Waals surface area contributed by atoms with E-state index in [0.717, 1.165) is 10.5 Å². The maximum absolute atomic E-state index is 12.6. The van der Waals surface area contributed by atoms with Crippen LogP contribution in [0.25, 0.3) is 0 Å². The Balaban J connectivity index is 1.61.